The summed E-state index contributed by atoms with van der Waals surface area (Å²) in [7, 11) is 0. The molecule has 1 aliphatic carbocycles. The van der Waals surface area contributed by atoms with Crippen LogP contribution in [-0.2, 0) is 66.7 Å². The number of esters is 6. The highest BCUT2D eigenvalue weighted by Crippen LogP contribution is 2.48. The number of carbonyl (C=O) groups is 6. The minimum atomic E-state index is -1.46. The number of hydrogen-bond donors (Lipinski definition) is 0. The van der Waals surface area contributed by atoms with E-state index in [1.165, 1.54) is 6.92 Å². The second-order valence-corrected chi connectivity index (χ2v) is 9.20. The van der Waals surface area contributed by atoms with Crippen LogP contribution in [0.1, 0.15) is 54.4 Å². The molecular formula is C25H36O14. The first-order chi connectivity index (χ1) is 18.3. The maximum absolute atomic E-state index is 12.6. The molecule has 39 heavy (non-hydrogen) atoms. The highest BCUT2D eigenvalue weighted by Gasteiger charge is 2.59. The van der Waals surface area contributed by atoms with Crippen molar-refractivity contribution in [2.75, 3.05) is 26.4 Å². The zero-order valence-electron chi connectivity index (χ0n) is 22.9. The van der Waals surface area contributed by atoms with E-state index in [0.29, 0.717) is 0 Å². The van der Waals surface area contributed by atoms with Crippen LogP contribution in [0, 0.1) is 11.3 Å². The lowest BCUT2D eigenvalue weighted by molar-refractivity contribution is -0.311. The zero-order chi connectivity index (χ0) is 29.3. The third-order valence-electron chi connectivity index (χ3n) is 6.05. The summed E-state index contributed by atoms with van der Waals surface area (Å²) < 4.78 is 43.0. The zero-order valence-corrected chi connectivity index (χ0v) is 22.9. The first-order valence-electron chi connectivity index (χ1n) is 12.6. The van der Waals surface area contributed by atoms with Crippen molar-refractivity contribution in [3.05, 3.63) is 0 Å². The topological polar surface area (TPSA) is 176 Å². The normalized spacial score (nSPS) is 25.8. The molecule has 2 fully saturated rings. The fourth-order valence-electron chi connectivity index (χ4n) is 4.55. The Morgan fingerprint density at radius 3 is 1.62 bits per heavy atom. The van der Waals surface area contributed by atoms with Crippen molar-refractivity contribution in [3.8, 4) is 0 Å². The molecule has 0 radical (unpaired) electrons. The fourth-order valence-corrected chi connectivity index (χ4v) is 4.55. The van der Waals surface area contributed by atoms with Crippen molar-refractivity contribution >= 4 is 35.8 Å². The van der Waals surface area contributed by atoms with E-state index in [1.807, 2.05) is 0 Å². The highest BCUT2D eigenvalue weighted by atomic mass is 16.7. The van der Waals surface area contributed by atoms with Crippen molar-refractivity contribution in [3.63, 3.8) is 0 Å². The molecule has 0 aromatic carbocycles. The Bertz CT molecular complexity index is 904. The Kier molecular flexibility index (Phi) is 11.6. The molecule has 0 spiro atoms. The molecule has 0 aromatic rings. The Balaban J connectivity index is 2.27. The molecule has 0 bridgehead atoms. The van der Waals surface area contributed by atoms with E-state index in [2.05, 4.69) is 0 Å². The lowest BCUT2D eigenvalue weighted by atomic mass is 9.62. The van der Waals surface area contributed by atoms with Crippen molar-refractivity contribution in [1.29, 1.82) is 0 Å². The molecular weight excluding hydrogens is 524 g/mol. The van der Waals surface area contributed by atoms with Crippen molar-refractivity contribution in [2.24, 2.45) is 11.3 Å². The smallest absolute Gasteiger partial charge is 0.323 e. The molecule has 14 nitrogen and oxygen atoms in total. The SMILES string of the molecule is CCOC(=O)C1(C(=O)OCC)CC(COC2O[C@H](COC(C)=O)[C@@H](OC(C)=O)[C@H](OC(C)=O)[C@H]2OC(C)=O)C1. The number of carbonyl (C=O) groups excluding carboxylic acids is 6. The quantitative estimate of drug-likeness (QED) is 0.184. The molecule has 5 atom stereocenters. The highest BCUT2D eigenvalue weighted by molar-refractivity contribution is 6.01. The Morgan fingerprint density at radius 2 is 1.15 bits per heavy atom. The molecule has 0 aromatic heterocycles. The molecule has 14 heteroatoms. The van der Waals surface area contributed by atoms with Crippen molar-refractivity contribution in [2.45, 2.75) is 85.1 Å². The van der Waals surface area contributed by atoms with Gasteiger partial charge in [0.2, 0.25) is 0 Å². The maximum Gasteiger partial charge on any atom is 0.323 e. The van der Waals surface area contributed by atoms with E-state index in [4.69, 9.17) is 37.9 Å². The van der Waals surface area contributed by atoms with Gasteiger partial charge in [-0.1, -0.05) is 0 Å². The molecule has 1 unspecified atom stereocenters. The van der Waals surface area contributed by atoms with Crippen LogP contribution >= 0.6 is 0 Å². The maximum atomic E-state index is 12.6. The lowest BCUT2D eigenvalue weighted by Crippen LogP contribution is -2.63. The van der Waals surface area contributed by atoms with Gasteiger partial charge in [-0.05, 0) is 32.6 Å². The molecule has 1 saturated heterocycles. The van der Waals surface area contributed by atoms with Gasteiger partial charge in [-0.15, -0.1) is 0 Å². The number of rotatable bonds is 12. The van der Waals surface area contributed by atoms with E-state index in [-0.39, 0.29) is 38.6 Å². The summed E-state index contributed by atoms with van der Waals surface area (Å²) in [6.07, 6.45) is -6.40. The largest absolute Gasteiger partial charge is 0.465 e. The third-order valence-corrected chi connectivity index (χ3v) is 6.05. The first kappa shape index (κ1) is 32.0. The molecule has 220 valence electrons. The van der Waals surface area contributed by atoms with E-state index in [1.54, 1.807) is 13.8 Å². The summed E-state index contributed by atoms with van der Waals surface area (Å²) in [6.45, 7) is 7.49. The number of hydrogen-bond acceptors (Lipinski definition) is 14. The average Bonchev–Trinajstić information content (AvgIpc) is 2.79. The summed E-state index contributed by atoms with van der Waals surface area (Å²) in [5.41, 5.74) is -1.46. The Morgan fingerprint density at radius 1 is 0.667 bits per heavy atom. The van der Waals surface area contributed by atoms with Gasteiger partial charge in [-0.25, -0.2) is 0 Å². The van der Waals surface area contributed by atoms with Gasteiger partial charge in [-0.2, -0.15) is 0 Å². The Hall–Kier alpha value is -3.26. The summed E-state index contributed by atoms with van der Waals surface area (Å²) in [4.78, 5) is 72.2. The summed E-state index contributed by atoms with van der Waals surface area (Å²) >= 11 is 0. The minimum absolute atomic E-state index is 0.0612. The van der Waals surface area contributed by atoms with Crippen LogP contribution in [0.15, 0.2) is 0 Å². The van der Waals surface area contributed by atoms with Gasteiger partial charge in [-0.3, -0.25) is 28.8 Å². The average molecular weight is 561 g/mol. The fraction of sp³-hybridized carbons (Fsp3) is 0.760. The number of ether oxygens (including phenoxy) is 8. The van der Waals surface area contributed by atoms with Crippen LogP contribution in [0.5, 0.6) is 0 Å². The van der Waals surface area contributed by atoms with Gasteiger partial charge in [0.15, 0.2) is 30.0 Å². The molecule has 1 saturated carbocycles. The first-order valence-corrected chi connectivity index (χ1v) is 12.6. The van der Waals surface area contributed by atoms with Gasteiger partial charge in [0.25, 0.3) is 0 Å². The van der Waals surface area contributed by atoms with E-state index < -0.39 is 78.5 Å². The Labute approximate surface area is 225 Å². The van der Waals surface area contributed by atoms with Crippen molar-refractivity contribution < 1.29 is 66.7 Å². The molecule has 1 heterocycles. The van der Waals surface area contributed by atoms with Gasteiger partial charge in [0.1, 0.15) is 12.7 Å². The van der Waals surface area contributed by atoms with Crippen LogP contribution in [-0.4, -0.2) is 92.9 Å². The standard InChI is InChI=1S/C25H36O14/c1-7-32-23(30)25(24(31)33-8-2)9-17(10-25)11-35-22-21(38-16(6)29)20(37-15(5)28)19(36-14(4)27)18(39-22)12-34-13(3)26/h17-22H,7-12H2,1-6H3/t18-,19-,20+,21-,22?/m1/s1. The van der Waals surface area contributed by atoms with Crippen LogP contribution in [0.4, 0.5) is 0 Å². The minimum Gasteiger partial charge on any atom is -0.465 e. The summed E-state index contributed by atoms with van der Waals surface area (Å²) in [6, 6.07) is 0. The van der Waals surface area contributed by atoms with Gasteiger partial charge < -0.3 is 37.9 Å². The summed E-state index contributed by atoms with van der Waals surface area (Å²) in [5, 5.41) is 0. The predicted molar refractivity (Wildman–Crippen MR) is 126 cm³/mol. The van der Waals surface area contributed by atoms with Gasteiger partial charge >= 0.3 is 35.8 Å². The van der Waals surface area contributed by atoms with Crippen molar-refractivity contribution in [1.82, 2.24) is 0 Å². The molecule has 2 aliphatic rings. The van der Waals surface area contributed by atoms with E-state index >= 15 is 0 Å². The van der Waals surface area contributed by atoms with E-state index in [9.17, 15) is 28.8 Å². The predicted octanol–water partition coefficient (Wildman–Crippen LogP) is 0.609. The second-order valence-electron chi connectivity index (χ2n) is 9.20. The van der Waals surface area contributed by atoms with Gasteiger partial charge in [0.05, 0.1) is 19.8 Å². The summed E-state index contributed by atoms with van der Waals surface area (Å²) in [5.74, 6) is -4.62. The van der Waals surface area contributed by atoms with Crippen LogP contribution < -0.4 is 0 Å². The van der Waals surface area contributed by atoms with Crippen LogP contribution in [0.3, 0.4) is 0 Å². The molecule has 2 rings (SSSR count). The van der Waals surface area contributed by atoms with Gasteiger partial charge in [0, 0.05) is 27.7 Å². The van der Waals surface area contributed by atoms with E-state index in [0.717, 1.165) is 20.8 Å². The van der Waals surface area contributed by atoms with Crippen LogP contribution in [0.2, 0.25) is 0 Å². The molecule has 0 N–H and O–H groups in total. The third kappa shape index (κ3) is 8.36. The monoisotopic (exact) mass is 560 g/mol. The second kappa shape index (κ2) is 14.2. The molecule has 0 amide bonds. The molecule has 1 aliphatic heterocycles. The van der Waals surface area contributed by atoms with Crippen LogP contribution in [0.25, 0.3) is 0 Å². The lowest BCUT2D eigenvalue weighted by Gasteiger charge is -2.46.